The number of ether oxygens (including phenoxy) is 2. The van der Waals surface area contributed by atoms with Crippen molar-refractivity contribution in [2.45, 2.75) is 11.4 Å². The van der Waals surface area contributed by atoms with Gasteiger partial charge in [-0.1, -0.05) is 18.2 Å². The van der Waals surface area contributed by atoms with E-state index in [0.29, 0.717) is 22.9 Å². The Balaban J connectivity index is 1.95. The quantitative estimate of drug-likeness (QED) is 0.716. The summed E-state index contributed by atoms with van der Waals surface area (Å²) in [5, 5.41) is 0. The summed E-state index contributed by atoms with van der Waals surface area (Å²) >= 11 is 1.20. The molecule has 0 fully saturated rings. The van der Waals surface area contributed by atoms with Crippen molar-refractivity contribution in [2.75, 3.05) is 27.0 Å². The average Bonchev–Trinajstić information content (AvgIpc) is 2.60. The number of carbonyl (C=O) groups is 1. The Morgan fingerprint density at radius 3 is 2.50 bits per heavy atom. The van der Waals surface area contributed by atoms with Crippen LogP contribution in [0.5, 0.6) is 11.5 Å². The Hall–Kier alpha value is -2.21. The molecule has 0 aliphatic carbocycles. The molecule has 1 amide bonds. The molecule has 0 atom stereocenters. The minimum atomic E-state index is -0.308. The summed E-state index contributed by atoms with van der Waals surface area (Å²) in [6, 6.07) is 12.0. The highest BCUT2D eigenvalue weighted by Gasteiger charge is 2.13. The monoisotopic (exact) mass is 349 g/mol. The van der Waals surface area contributed by atoms with E-state index in [1.807, 2.05) is 12.1 Å². The van der Waals surface area contributed by atoms with Gasteiger partial charge in [-0.05, 0) is 29.8 Å². The van der Waals surface area contributed by atoms with Crippen LogP contribution in [0.1, 0.15) is 5.56 Å². The summed E-state index contributed by atoms with van der Waals surface area (Å²) in [7, 11) is 4.87. The van der Waals surface area contributed by atoms with Crippen LogP contribution < -0.4 is 9.47 Å². The minimum Gasteiger partial charge on any atom is -0.493 e. The molecule has 0 saturated heterocycles. The van der Waals surface area contributed by atoms with Crippen LogP contribution in [0.3, 0.4) is 0 Å². The molecule has 0 spiro atoms. The van der Waals surface area contributed by atoms with Crippen molar-refractivity contribution in [3.05, 3.63) is 53.8 Å². The number of halogens is 1. The molecule has 2 rings (SSSR count). The number of nitrogens with zero attached hydrogens (tertiary/aromatic N) is 1. The minimum absolute atomic E-state index is 0.0713. The topological polar surface area (TPSA) is 38.8 Å². The van der Waals surface area contributed by atoms with Crippen LogP contribution in [0.15, 0.2) is 47.4 Å². The lowest BCUT2D eigenvalue weighted by Crippen LogP contribution is -2.27. The molecular formula is C18H20FNO3S. The van der Waals surface area contributed by atoms with Gasteiger partial charge < -0.3 is 14.4 Å². The number of methoxy groups -OCH3 is 2. The highest BCUT2D eigenvalue weighted by atomic mass is 32.2. The Kier molecular flexibility index (Phi) is 6.49. The lowest BCUT2D eigenvalue weighted by molar-refractivity contribution is -0.127. The average molecular weight is 349 g/mol. The van der Waals surface area contributed by atoms with Gasteiger partial charge in [0.05, 0.1) is 20.0 Å². The molecule has 0 aliphatic heterocycles. The fraction of sp³-hybridized carbons (Fsp3) is 0.278. The van der Waals surface area contributed by atoms with Gasteiger partial charge in [-0.3, -0.25) is 4.79 Å². The zero-order valence-corrected chi connectivity index (χ0v) is 14.7. The number of benzene rings is 2. The van der Waals surface area contributed by atoms with E-state index < -0.39 is 0 Å². The van der Waals surface area contributed by atoms with Gasteiger partial charge in [0, 0.05) is 18.5 Å². The molecule has 4 nitrogen and oxygen atoms in total. The number of hydrogen-bond acceptors (Lipinski definition) is 4. The van der Waals surface area contributed by atoms with E-state index in [1.54, 1.807) is 50.4 Å². The maximum atomic E-state index is 13.6. The molecule has 0 heterocycles. The second-order valence-electron chi connectivity index (χ2n) is 5.16. The molecule has 0 unspecified atom stereocenters. The van der Waals surface area contributed by atoms with E-state index >= 15 is 0 Å². The van der Waals surface area contributed by atoms with Crippen LogP contribution in [-0.2, 0) is 11.3 Å². The molecule has 0 N–H and O–H groups in total. The van der Waals surface area contributed by atoms with Crippen molar-refractivity contribution < 1.29 is 18.7 Å². The van der Waals surface area contributed by atoms with E-state index in [9.17, 15) is 9.18 Å². The van der Waals surface area contributed by atoms with Crippen LogP contribution in [0, 0.1) is 5.82 Å². The molecule has 6 heteroatoms. The van der Waals surface area contributed by atoms with Gasteiger partial charge in [0.1, 0.15) is 5.82 Å². The van der Waals surface area contributed by atoms with Crippen LogP contribution in [-0.4, -0.2) is 37.8 Å². The Bertz CT molecular complexity index is 708. The predicted molar refractivity (Wildman–Crippen MR) is 93.1 cm³/mol. The molecule has 0 aliphatic rings. The molecule has 0 radical (unpaired) electrons. The molecule has 24 heavy (non-hydrogen) atoms. The second kappa shape index (κ2) is 8.59. The molecule has 2 aromatic carbocycles. The Morgan fingerprint density at radius 1 is 1.12 bits per heavy atom. The third-order valence-corrected chi connectivity index (χ3v) is 4.51. The number of thioether (sulfide) groups is 1. The maximum Gasteiger partial charge on any atom is 0.232 e. The van der Waals surface area contributed by atoms with Crippen LogP contribution >= 0.6 is 11.8 Å². The van der Waals surface area contributed by atoms with Crippen LogP contribution in [0.2, 0.25) is 0 Å². The summed E-state index contributed by atoms with van der Waals surface area (Å²) in [6.07, 6.45) is 0. The third-order valence-electron chi connectivity index (χ3n) is 3.48. The van der Waals surface area contributed by atoms with Crippen molar-refractivity contribution in [1.29, 1.82) is 0 Å². The first-order chi connectivity index (χ1) is 11.5. The smallest absolute Gasteiger partial charge is 0.232 e. The number of amides is 1. The lowest BCUT2D eigenvalue weighted by Gasteiger charge is -2.18. The summed E-state index contributed by atoms with van der Waals surface area (Å²) in [5.41, 5.74) is 0.930. The third kappa shape index (κ3) is 4.64. The SMILES string of the molecule is COc1ccc(CN(C)C(=O)CSc2ccccc2F)cc1OC. The fourth-order valence-corrected chi connectivity index (χ4v) is 3.03. The van der Waals surface area contributed by atoms with Gasteiger partial charge >= 0.3 is 0 Å². The highest BCUT2D eigenvalue weighted by molar-refractivity contribution is 8.00. The van der Waals surface area contributed by atoms with Gasteiger partial charge in [0.15, 0.2) is 11.5 Å². The van der Waals surface area contributed by atoms with Gasteiger partial charge in [-0.25, -0.2) is 4.39 Å². The molecule has 0 bridgehead atoms. The Labute approximate surface area is 145 Å². The van der Waals surface area contributed by atoms with E-state index in [1.165, 1.54) is 17.8 Å². The first-order valence-electron chi connectivity index (χ1n) is 7.37. The zero-order chi connectivity index (χ0) is 17.5. The van der Waals surface area contributed by atoms with E-state index in [2.05, 4.69) is 0 Å². The van der Waals surface area contributed by atoms with Gasteiger partial charge in [0.25, 0.3) is 0 Å². The van der Waals surface area contributed by atoms with Crippen molar-refractivity contribution >= 4 is 17.7 Å². The molecular weight excluding hydrogens is 329 g/mol. The first kappa shape index (κ1) is 18.1. The van der Waals surface area contributed by atoms with Crippen molar-refractivity contribution in [1.82, 2.24) is 4.90 Å². The van der Waals surface area contributed by atoms with E-state index in [4.69, 9.17) is 9.47 Å². The van der Waals surface area contributed by atoms with Gasteiger partial charge in [0.2, 0.25) is 5.91 Å². The van der Waals surface area contributed by atoms with Crippen molar-refractivity contribution in [3.63, 3.8) is 0 Å². The van der Waals surface area contributed by atoms with Crippen molar-refractivity contribution in [2.24, 2.45) is 0 Å². The van der Waals surface area contributed by atoms with Crippen LogP contribution in [0.4, 0.5) is 4.39 Å². The van der Waals surface area contributed by atoms with Gasteiger partial charge in [-0.15, -0.1) is 11.8 Å². The zero-order valence-electron chi connectivity index (χ0n) is 13.9. The highest BCUT2D eigenvalue weighted by Crippen LogP contribution is 2.28. The van der Waals surface area contributed by atoms with Crippen molar-refractivity contribution in [3.8, 4) is 11.5 Å². The van der Waals surface area contributed by atoms with E-state index in [0.717, 1.165) is 5.56 Å². The first-order valence-corrected chi connectivity index (χ1v) is 8.36. The molecule has 0 saturated carbocycles. The number of carbonyl (C=O) groups excluding carboxylic acids is 1. The summed E-state index contributed by atoms with van der Waals surface area (Å²) in [6.45, 7) is 0.441. The summed E-state index contributed by atoms with van der Waals surface area (Å²) < 4.78 is 24.0. The lowest BCUT2D eigenvalue weighted by atomic mass is 10.2. The normalized spacial score (nSPS) is 10.3. The molecule has 128 valence electrons. The summed E-state index contributed by atoms with van der Waals surface area (Å²) in [5.74, 6) is 1.07. The predicted octanol–water partition coefficient (Wildman–Crippen LogP) is 3.59. The maximum absolute atomic E-state index is 13.6. The molecule has 2 aromatic rings. The Morgan fingerprint density at radius 2 is 1.83 bits per heavy atom. The molecule has 0 aromatic heterocycles. The fourth-order valence-electron chi connectivity index (χ4n) is 2.15. The van der Waals surface area contributed by atoms with E-state index in [-0.39, 0.29) is 17.5 Å². The standard InChI is InChI=1S/C18H20FNO3S/c1-20(11-13-8-9-15(22-2)16(10-13)23-3)18(21)12-24-17-7-5-4-6-14(17)19/h4-10H,11-12H2,1-3H3. The summed E-state index contributed by atoms with van der Waals surface area (Å²) in [4.78, 5) is 14.3. The second-order valence-corrected chi connectivity index (χ2v) is 6.18. The number of hydrogen-bond donors (Lipinski definition) is 0. The van der Waals surface area contributed by atoms with Gasteiger partial charge in [-0.2, -0.15) is 0 Å². The largest absolute Gasteiger partial charge is 0.493 e. The number of rotatable bonds is 7. The van der Waals surface area contributed by atoms with Crippen LogP contribution in [0.25, 0.3) is 0 Å².